The van der Waals surface area contributed by atoms with Crippen LogP contribution in [-0.2, 0) is 0 Å². The first kappa shape index (κ1) is 17.3. The van der Waals surface area contributed by atoms with Crippen molar-refractivity contribution in [3.05, 3.63) is 0 Å². The molecule has 2 rings (SSSR count). The van der Waals surface area contributed by atoms with E-state index < -0.39 is 0 Å². The van der Waals surface area contributed by atoms with E-state index in [9.17, 15) is 5.11 Å². The Kier molecular flexibility index (Phi) is 8.73. The van der Waals surface area contributed by atoms with Gasteiger partial charge in [0.05, 0.1) is 6.10 Å². The van der Waals surface area contributed by atoms with Crippen LogP contribution in [0, 0.1) is 0 Å². The van der Waals surface area contributed by atoms with Crippen LogP contribution in [-0.4, -0.2) is 23.3 Å². The van der Waals surface area contributed by atoms with Crippen molar-refractivity contribution in [2.45, 2.75) is 121 Å². The van der Waals surface area contributed by atoms with Crippen molar-refractivity contribution in [3.8, 4) is 0 Å². The van der Waals surface area contributed by atoms with Gasteiger partial charge in [-0.3, -0.25) is 0 Å². The van der Waals surface area contributed by atoms with Crippen LogP contribution < -0.4 is 5.32 Å². The lowest BCUT2D eigenvalue weighted by atomic mass is 9.96. The van der Waals surface area contributed by atoms with Crippen molar-refractivity contribution >= 4 is 0 Å². The molecule has 0 bridgehead atoms. The Bertz CT molecular complexity index is 244. The molecule has 0 amide bonds. The second kappa shape index (κ2) is 10.6. The third-order valence-electron chi connectivity index (χ3n) is 5.53. The first-order valence-corrected chi connectivity index (χ1v) is 9.80. The maximum Gasteiger partial charge on any atom is 0.0693 e. The Labute approximate surface area is 132 Å². The Hall–Kier alpha value is -0.0800. The van der Waals surface area contributed by atoms with Gasteiger partial charge in [0.15, 0.2) is 0 Å². The van der Waals surface area contributed by atoms with Gasteiger partial charge in [0.2, 0.25) is 0 Å². The molecular formula is C19H37NO. The molecule has 0 aliphatic heterocycles. The number of nitrogens with one attached hydrogen (secondary N) is 1. The average Bonchev–Trinajstić information content (AvgIpc) is 2.67. The minimum absolute atomic E-state index is 0.103. The van der Waals surface area contributed by atoms with E-state index in [1.165, 1.54) is 96.3 Å². The van der Waals surface area contributed by atoms with Gasteiger partial charge in [0, 0.05) is 12.1 Å². The summed E-state index contributed by atoms with van der Waals surface area (Å²) in [7, 11) is 0. The summed E-state index contributed by atoms with van der Waals surface area (Å²) in [6, 6.07) is 1.02. The first-order chi connectivity index (χ1) is 10.4. The molecule has 2 nitrogen and oxygen atoms in total. The lowest BCUT2D eigenvalue weighted by molar-refractivity contribution is 0.111. The molecule has 2 N–H and O–H groups in total. The van der Waals surface area contributed by atoms with Crippen molar-refractivity contribution in [1.29, 1.82) is 0 Å². The number of hydrogen-bond donors (Lipinski definition) is 2. The van der Waals surface area contributed by atoms with E-state index in [0.29, 0.717) is 12.1 Å². The van der Waals surface area contributed by atoms with Crippen LogP contribution in [0.25, 0.3) is 0 Å². The van der Waals surface area contributed by atoms with Gasteiger partial charge in [-0.05, 0) is 25.7 Å². The lowest BCUT2D eigenvalue weighted by Crippen LogP contribution is -2.45. The number of aliphatic hydroxyl groups is 1. The molecule has 0 radical (unpaired) electrons. The molecule has 2 unspecified atom stereocenters. The topological polar surface area (TPSA) is 32.3 Å². The average molecular weight is 296 g/mol. The summed E-state index contributed by atoms with van der Waals surface area (Å²) in [5, 5.41) is 14.2. The van der Waals surface area contributed by atoms with Gasteiger partial charge in [-0.15, -0.1) is 0 Å². The number of aliphatic hydroxyl groups excluding tert-OH is 1. The SMILES string of the molecule is OC1CCCCCC1NC1CCCCCCCCCCC1. The van der Waals surface area contributed by atoms with Crippen LogP contribution in [0.3, 0.4) is 0 Å². The number of hydrogen-bond acceptors (Lipinski definition) is 2. The molecule has 2 saturated carbocycles. The van der Waals surface area contributed by atoms with E-state index in [2.05, 4.69) is 5.32 Å². The van der Waals surface area contributed by atoms with E-state index in [0.717, 1.165) is 6.42 Å². The van der Waals surface area contributed by atoms with Gasteiger partial charge in [-0.1, -0.05) is 77.0 Å². The van der Waals surface area contributed by atoms with Gasteiger partial charge in [-0.2, -0.15) is 0 Å². The van der Waals surface area contributed by atoms with Crippen LogP contribution in [0.4, 0.5) is 0 Å². The molecule has 0 saturated heterocycles. The van der Waals surface area contributed by atoms with E-state index in [4.69, 9.17) is 0 Å². The number of rotatable bonds is 2. The smallest absolute Gasteiger partial charge is 0.0693 e. The molecule has 124 valence electrons. The van der Waals surface area contributed by atoms with Crippen LogP contribution >= 0.6 is 0 Å². The summed E-state index contributed by atoms with van der Waals surface area (Å²) < 4.78 is 0. The zero-order valence-electron chi connectivity index (χ0n) is 14.0. The zero-order chi connectivity index (χ0) is 14.8. The van der Waals surface area contributed by atoms with Crippen LogP contribution in [0.15, 0.2) is 0 Å². The highest BCUT2D eigenvalue weighted by Gasteiger charge is 2.23. The van der Waals surface area contributed by atoms with Gasteiger partial charge >= 0.3 is 0 Å². The summed E-state index contributed by atoms with van der Waals surface area (Å²) >= 11 is 0. The molecule has 0 aromatic heterocycles. The Morgan fingerprint density at radius 1 is 0.524 bits per heavy atom. The van der Waals surface area contributed by atoms with Gasteiger partial charge in [-0.25, -0.2) is 0 Å². The quantitative estimate of drug-likeness (QED) is 0.707. The fraction of sp³-hybridized carbons (Fsp3) is 1.00. The molecular weight excluding hydrogens is 258 g/mol. The molecule has 21 heavy (non-hydrogen) atoms. The molecule has 2 atom stereocenters. The molecule has 2 heteroatoms. The van der Waals surface area contributed by atoms with E-state index >= 15 is 0 Å². The van der Waals surface area contributed by atoms with Crippen molar-refractivity contribution in [1.82, 2.24) is 5.32 Å². The second-order valence-electron chi connectivity index (χ2n) is 7.43. The maximum atomic E-state index is 10.3. The highest BCUT2D eigenvalue weighted by atomic mass is 16.3. The monoisotopic (exact) mass is 295 g/mol. The fourth-order valence-corrected chi connectivity index (χ4v) is 4.12. The van der Waals surface area contributed by atoms with Crippen molar-refractivity contribution in [2.24, 2.45) is 0 Å². The third-order valence-corrected chi connectivity index (χ3v) is 5.53. The molecule has 0 aromatic carbocycles. The molecule has 2 aliphatic carbocycles. The predicted molar refractivity (Wildman–Crippen MR) is 90.6 cm³/mol. The zero-order valence-corrected chi connectivity index (χ0v) is 14.0. The predicted octanol–water partition coefficient (Wildman–Crippen LogP) is 4.94. The molecule has 0 heterocycles. The van der Waals surface area contributed by atoms with Crippen molar-refractivity contribution in [3.63, 3.8) is 0 Å². The summed E-state index contributed by atoms with van der Waals surface area (Å²) in [5.74, 6) is 0. The molecule has 0 spiro atoms. The molecule has 2 aliphatic rings. The lowest BCUT2D eigenvalue weighted by Gasteiger charge is -2.28. The van der Waals surface area contributed by atoms with Gasteiger partial charge < -0.3 is 10.4 Å². The highest BCUT2D eigenvalue weighted by molar-refractivity contribution is 4.82. The van der Waals surface area contributed by atoms with Gasteiger partial charge in [0.25, 0.3) is 0 Å². The van der Waals surface area contributed by atoms with Crippen molar-refractivity contribution < 1.29 is 5.11 Å². The molecule has 0 aromatic rings. The largest absolute Gasteiger partial charge is 0.392 e. The maximum absolute atomic E-state index is 10.3. The minimum atomic E-state index is -0.103. The van der Waals surface area contributed by atoms with E-state index in [-0.39, 0.29) is 6.10 Å². The Morgan fingerprint density at radius 2 is 0.952 bits per heavy atom. The first-order valence-electron chi connectivity index (χ1n) is 9.80. The highest BCUT2D eigenvalue weighted by Crippen LogP contribution is 2.21. The van der Waals surface area contributed by atoms with Crippen LogP contribution in [0.5, 0.6) is 0 Å². The van der Waals surface area contributed by atoms with Crippen LogP contribution in [0.1, 0.15) is 103 Å². The van der Waals surface area contributed by atoms with Crippen molar-refractivity contribution in [2.75, 3.05) is 0 Å². The van der Waals surface area contributed by atoms with E-state index in [1.807, 2.05) is 0 Å². The standard InChI is InChI=1S/C19H37NO/c21-19-16-12-8-11-15-18(19)20-17-13-9-6-4-2-1-3-5-7-10-14-17/h17-21H,1-16H2. The summed E-state index contributed by atoms with van der Waals surface area (Å²) in [6.07, 6.45) is 21.3. The fourth-order valence-electron chi connectivity index (χ4n) is 4.12. The summed E-state index contributed by atoms with van der Waals surface area (Å²) in [5.41, 5.74) is 0. The third kappa shape index (κ3) is 7.15. The van der Waals surface area contributed by atoms with Crippen LogP contribution in [0.2, 0.25) is 0 Å². The molecule has 2 fully saturated rings. The normalized spacial score (nSPS) is 31.9. The summed E-state index contributed by atoms with van der Waals surface area (Å²) in [6.45, 7) is 0. The summed E-state index contributed by atoms with van der Waals surface area (Å²) in [4.78, 5) is 0. The Balaban J connectivity index is 1.78. The van der Waals surface area contributed by atoms with Gasteiger partial charge in [0.1, 0.15) is 0 Å². The Morgan fingerprint density at radius 3 is 1.57 bits per heavy atom. The van der Waals surface area contributed by atoms with E-state index in [1.54, 1.807) is 0 Å². The minimum Gasteiger partial charge on any atom is -0.392 e. The second-order valence-corrected chi connectivity index (χ2v) is 7.43.